The molecule has 1 N–H and O–H groups in total. The summed E-state index contributed by atoms with van der Waals surface area (Å²) < 4.78 is 5.79. The highest BCUT2D eigenvalue weighted by Gasteiger charge is 2.32. The van der Waals surface area contributed by atoms with Crippen LogP contribution in [-0.2, 0) is 4.79 Å². The van der Waals surface area contributed by atoms with E-state index in [0.717, 1.165) is 12.0 Å². The number of carboxylic acids is 1. The highest BCUT2D eigenvalue weighted by atomic mass is 35.5. The molecule has 1 aliphatic heterocycles. The SMILES string of the molecule is CC[C@H](C)Oc1ccc(/C=C2\SC(=Nc3cccc(C(=O)O)c3)N(CC)C2=O)cc1Cl. The van der Waals surface area contributed by atoms with E-state index in [1.807, 2.05) is 26.8 Å². The zero-order chi connectivity index (χ0) is 22.5. The summed E-state index contributed by atoms with van der Waals surface area (Å²) >= 11 is 7.60. The fraction of sp³-hybridized carbons (Fsp3) is 0.261. The number of ether oxygens (including phenoxy) is 1. The van der Waals surface area contributed by atoms with E-state index in [1.165, 1.54) is 23.9 Å². The van der Waals surface area contributed by atoms with Crippen molar-refractivity contribution in [1.82, 2.24) is 4.90 Å². The first kappa shape index (κ1) is 22.9. The molecule has 6 nitrogen and oxygen atoms in total. The molecule has 0 aromatic heterocycles. The molecule has 162 valence electrons. The van der Waals surface area contributed by atoms with Crippen molar-refractivity contribution >= 4 is 52.2 Å². The van der Waals surface area contributed by atoms with Crippen molar-refractivity contribution in [3.63, 3.8) is 0 Å². The lowest BCUT2D eigenvalue weighted by Gasteiger charge is -2.14. The van der Waals surface area contributed by atoms with Gasteiger partial charge in [-0.05, 0) is 74.0 Å². The van der Waals surface area contributed by atoms with E-state index >= 15 is 0 Å². The maximum Gasteiger partial charge on any atom is 0.335 e. The zero-order valence-electron chi connectivity index (χ0n) is 17.5. The molecule has 8 heteroatoms. The van der Waals surface area contributed by atoms with Gasteiger partial charge < -0.3 is 9.84 Å². The molecule has 3 rings (SSSR count). The van der Waals surface area contributed by atoms with Gasteiger partial charge in [0.2, 0.25) is 0 Å². The molecule has 2 aromatic rings. The van der Waals surface area contributed by atoms with E-state index < -0.39 is 5.97 Å². The van der Waals surface area contributed by atoms with Gasteiger partial charge >= 0.3 is 5.97 Å². The molecule has 0 spiro atoms. The summed E-state index contributed by atoms with van der Waals surface area (Å²) in [4.78, 5) is 30.6. The number of rotatable bonds is 7. The summed E-state index contributed by atoms with van der Waals surface area (Å²) in [5.41, 5.74) is 1.40. The predicted octanol–water partition coefficient (Wildman–Crippen LogP) is 5.84. The topological polar surface area (TPSA) is 79.2 Å². The van der Waals surface area contributed by atoms with Crippen LogP contribution in [0.1, 0.15) is 43.1 Å². The molecule has 0 radical (unpaired) electrons. The van der Waals surface area contributed by atoms with Gasteiger partial charge in [-0.25, -0.2) is 9.79 Å². The van der Waals surface area contributed by atoms with E-state index in [-0.39, 0.29) is 17.6 Å². The van der Waals surface area contributed by atoms with Crippen LogP contribution in [0.4, 0.5) is 5.69 Å². The van der Waals surface area contributed by atoms with Crippen LogP contribution in [0.15, 0.2) is 52.4 Å². The van der Waals surface area contributed by atoms with Crippen LogP contribution in [0, 0.1) is 0 Å². The van der Waals surface area contributed by atoms with Gasteiger partial charge in [0.15, 0.2) is 5.17 Å². The largest absolute Gasteiger partial charge is 0.489 e. The third-order valence-electron chi connectivity index (χ3n) is 4.68. The van der Waals surface area contributed by atoms with Crippen LogP contribution in [0.2, 0.25) is 5.02 Å². The summed E-state index contributed by atoms with van der Waals surface area (Å²) in [7, 11) is 0. The fourth-order valence-corrected chi connectivity index (χ4v) is 4.14. The first-order chi connectivity index (χ1) is 14.8. The van der Waals surface area contributed by atoms with E-state index in [9.17, 15) is 14.7 Å². The van der Waals surface area contributed by atoms with E-state index in [2.05, 4.69) is 4.99 Å². The first-order valence-electron chi connectivity index (χ1n) is 9.92. The number of halogens is 1. The number of carboxylic acid groups (broad SMARTS) is 1. The summed E-state index contributed by atoms with van der Waals surface area (Å²) in [6.45, 7) is 6.33. The van der Waals surface area contributed by atoms with Crippen LogP contribution in [0.25, 0.3) is 6.08 Å². The van der Waals surface area contributed by atoms with Crippen molar-refractivity contribution in [2.24, 2.45) is 4.99 Å². The van der Waals surface area contributed by atoms with Crippen molar-refractivity contribution in [2.75, 3.05) is 6.54 Å². The lowest BCUT2D eigenvalue weighted by Crippen LogP contribution is -2.28. The Morgan fingerprint density at radius 3 is 2.71 bits per heavy atom. The summed E-state index contributed by atoms with van der Waals surface area (Å²) in [5.74, 6) is -0.571. The highest BCUT2D eigenvalue weighted by molar-refractivity contribution is 8.18. The Morgan fingerprint density at radius 2 is 2.06 bits per heavy atom. The average Bonchev–Trinajstić information content (AvgIpc) is 3.03. The number of hydrogen-bond donors (Lipinski definition) is 1. The highest BCUT2D eigenvalue weighted by Crippen LogP contribution is 2.35. The molecule has 1 amide bonds. The number of benzene rings is 2. The maximum absolute atomic E-state index is 12.9. The summed E-state index contributed by atoms with van der Waals surface area (Å²) in [6.07, 6.45) is 2.70. The van der Waals surface area contributed by atoms with Crippen molar-refractivity contribution in [2.45, 2.75) is 33.3 Å². The van der Waals surface area contributed by atoms with Crippen LogP contribution < -0.4 is 4.74 Å². The van der Waals surface area contributed by atoms with Crippen LogP contribution in [0.5, 0.6) is 5.75 Å². The Hall–Kier alpha value is -2.77. The fourth-order valence-electron chi connectivity index (χ4n) is 2.84. The molecule has 31 heavy (non-hydrogen) atoms. The molecule has 0 aliphatic carbocycles. The summed E-state index contributed by atoms with van der Waals surface area (Å²) in [5, 5.41) is 10.2. The number of carbonyl (C=O) groups excluding carboxylic acids is 1. The van der Waals surface area contributed by atoms with Crippen molar-refractivity contribution in [1.29, 1.82) is 0 Å². The first-order valence-corrected chi connectivity index (χ1v) is 11.1. The van der Waals surface area contributed by atoms with Crippen LogP contribution in [-0.4, -0.2) is 39.7 Å². The molecule has 1 atom stereocenters. The van der Waals surface area contributed by atoms with E-state index in [4.69, 9.17) is 16.3 Å². The van der Waals surface area contributed by atoms with Gasteiger partial charge in [0.1, 0.15) is 5.75 Å². The minimum Gasteiger partial charge on any atom is -0.489 e. The minimum atomic E-state index is -1.03. The molecule has 2 aromatic carbocycles. The molecule has 0 unspecified atom stereocenters. The van der Waals surface area contributed by atoms with Gasteiger partial charge in [0.25, 0.3) is 5.91 Å². The van der Waals surface area contributed by atoms with E-state index in [1.54, 1.807) is 35.2 Å². The average molecular weight is 459 g/mol. The van der Waals surface area contributed by atoms with Crippen molar-refractivity contribution in [3.05, 3.63) is 63.5 Å². The third kappa shape index (κ3) is 5.48. The second-order valence-electron chi connectivity index (χ2n) is 6.94. The third-order valence-corrected chi connectivity index (χ3v) is 5.98. The molecule has 0 saturated carbocycles. The number of carbonyl (C=O) groups is 2. The van der Waals surface area contributed by atoms with Gasteiger partial charge in [0, 0.05) is 6.54 Å². The Kier molecular flexibility index (Phi) is 7.41. The Morgan fingerprint density at radius 1 is 1.29 bits per heavy atom. The number of amides is 1. The number of hydrogen-bond acceptors (Lipinski definition) is 5. The van der Waals surface area contributed by atoms with Crippen LogP contribution in [0.3, 0.4) is 0 Å². The van der Waals surface area contributed by atoms with Gasteiger partial charge in [-0.2, -0.15) is 0 Å². The number of amidine groups is 1. The number of likely N-dealkylation sites (N-methyl/N-ethyl adjacent to an activating group) is 1. The molecular formula is C23H23ClN2O4S. The molecule has 1 aliphatic rings. The molecule has 0 bridgehead atoms. The second kappa shape index (κ2) is 10.0. The van der Waals surface area contributed by atoms with Gasteiger partial charge in [-0.15, -0.1) is 0 Å². The summed E-state index contributed by atoms with van der Waals surface area (Å²) in [6, 6.07) is 11.7. The number of thioether (sulfide) groups is 1. The van der Waals surface area contributed by atoms with Gasteiger partial charge in [0.05, 0.1) is 27.3 Å². The molecular weight excluding hydrogens is 436 g/mol. The van der Waals surface area contributed by atoms with Crippen molar-refractivity contribution < 1.29 is 19.4 Å². The Bertz CT molecular complexity index is 1070. The predicted molar refractivity (Wildman–Crippen MR) is 125 cm³/mol. The normalized spacial score (nSPS) is 17.4. The minimum absolute atomic E-state index is 0.0604. The maximum atomic E-state index is 12.9. The quantitative estimate of drug-likeness (QED) is 0.527. The smallest absolute Gasteiger partial charge is 0.335 e. The molecule has 1 fully saturated rings. The Balaban J connectivity index is 1.87. The zero-order valence-corrected chi connectivity index (χ0v) is 19.0. The lowest BCUT2D eigenvalue weighted by atomic mass is 10.2. The van der Waals surface area contributed by atoms with Crippen LogP contribution >= 0.6 is 23.4 Å². The number of aromatic carboxylic acids is 1. The standard InChI is InChI=1S/C23H23ClN2O4S/c1-4-14(3)30-19-10-9-15(11-18(19)24)12-20-21(27)26(5-2)23(31-20)25-17-8-6-7-16(13-17)22(28)29/h6-14H,4-5H2,1-3H3,(H,28,29)/b20-12-,25-23?/t14-/m0/s1. The molecule has 1 heterocycles. The van der Waals surface area contributed by atoms with E-state index in [0.29, 0.717) is 33.1 Å². The van der Waals surface area contributed by atoms with Gasteiger partial charge in [-0.1, -0.05) is 30.7 Å². The molecule has 1 saturated heterocycles. The van der Waals surface area contributed by atoms with Crippen molar-refractivity contribution in [3.8, 4) is 5.75 Å². The Labute approximate surface area is 190 Å². The van der Waals surface area contributed by atoms with Gasteiger partial charge in [-0.3, -0.25) is 9.69 Å². The number of aliphatic imine (C=N–C) groups is 1. The second-order valence-corrected chi connectivity index (χ2v) is 8.35. The number of nitrogens with zero attached hydrogens (tertiary/aromatic N) is 2. The monoisotopic (exact) mass is 458 g/mol. The lowest BCUT2D eigenvalue weighted by molar-refractivity contribution is -0.122.